The second kappa shape index (κ2) is 6.33. The fraction of sp³-hybridized carbons (Fsp3) is 0.333. The maximum absolute atomic E-state index is 12.0. The van der Waals surface area contributed by atoms with Crippen LogP contribution in [0, 0.1) is 6.92 Å². The van der Waals surface area contributed by atoms with Crippen molar-refractivity contribution in [2.45, 2.75) is 26.0 Å². The number of anilines is 1. The van der Waals surface area contributed by atoms with E-state index in [9.17, 15) is 13.2 Å². The molecule has 0 unspecified atom stereocenters. The molecule has 0 amide bonds. The van der Waals surface area contributed by atoms with Crippen molar-refractivity contribution in [2.75, 3.05) is 4.72 Å². The number of rotatable bonds is 4. The van der Waals surface area contributed by atoms with Crippen LogP contribution in [0.1, 0.15) is 19.4 Å². The highest BCUT2D eigenvalue weighted by molar-refractivity contribution is 7.93. The highest BCUT2D eigenvalue weighted by Gasteiger charge is 2.17. The van der Waals surface area contributed by atoms with Crippen molar-refractivity contribution in [3.05, 3.63) is 45.5 Å². The molecular formula is C15H18ClN3O3S. The van der Waals surface area contributed by atoms with Crippen molar-refractivity contribution >= 4 is 27.3 Å². The molecule has 2 rings (SSSR count). The van der Waals surface area contributed by atoms with E-state index >= 15 is 0 Å². The molecule has 23 heavy (non-hydrogen) atoms. The zero-order chi connectivity index (χ0) is 17.4. The number of halogens is 1. The lowest BCUT2D eigenvalue weighted by Crippen LogP contribution is -2.22. The van der Waals surface area contributed by atoms with E-state index in [4.69, 9.17) is 11.6 Å². The molecule has 8 heteroatoms. The largest absolute Gasteiger partial charge is 0.318 e. The maximum atomic E-state index is 12.0. The van der Waals surface area contributed by atoms with Gasteiger partial charge in [-0.25, -0.2) is 13.4 Å². The summed E-state index contributed by atoms with van der Waals surface area (Å²) >= 11 is 6.00. The lowest BCUT2D eigenvalue weighted by Gasteiger charge is -2.12. The molecule has 0 saturated heterocycles. The molecule has 1 N–H and O–H groups in total. The predicted molar refractivity (Wildman–Crippen MR) is 92.3 cm³/mol. The Morgan fingerprint density at radius 2 is 1.91 bits per heavy atom. The highest BCUT2D eigenvalue weighted by atomic mass is 35.5. The first kappa shape index (κ1) is 17.5. The van der Waals surface area contributed by atoms with Gasteiger partial charge in [0.05, 0.1) is 16.6 Å². The number of pyridine rings is 2. The maximum Gasteiger partial charge on any atom is 0.253 e. The molecule has 0 aliphatic carbocycles. The van der Waals surface area contributed by atoms with Crippen molar-refractivity contribution in [1.29, 1.82) is 0 Å². The summed E-state index contributed by atoms with van der Waals surface area (Å²) < 4.78 is 27.9. The van der Waals surface area contributed by atoms with Crippen molar-refractivity contribution in [1.82, 2.24) is 9.55 Å². The highest BCUT2D eigenvalue weighted by Crippen LogP contribution is 2.25. The average molecular weight is 356 g/mol. The number of hydrogen-bond donors (Lipinski definition) is 1. The van der Waals surface area contributed by atoms with Gasteiger partial charge in [-0.3, -0.25) is 9.52 Å². The molecule has 0 fully saturated rings. The Kier molecular flexibility index (Phi) is 4.81. The minimum absolute atomic E-state index is 0.100. The Morgan fingerprint density at radius 1 is 1.26 bits per heavy atom. The third kappa shape index (κ3) is 3.92. The van der Waals surface area contributed by atoms with Gasteiger partial charge in [-0.15, -0.1) is 0 Å². The van der Waals surface area contributed by atoms with Gasteiger partial charge in [0.25, 0.3) is 5.56 Å². The van der Waals surface area contributed by atoms with Crippen molar-refractivity contribution in [3.8, 4) is 11.3 Å². The van der Waals surface area contributed by atoms with E-state index in [-0.39, 0.29) is 10.7 Å². The molecule has 2 heterocycles. The summed E-state index contributed by atoms with van der Waals surface area (Å²) in [5.41, 5.74) is 1.96. The molecule has 0 radical (unpaired) electrons. The van der Waals surface area contributed by atoms with Crippen molar-refractivity contribution in [2.24, 2.45) is 7.05 Å². The monoisotopic (exact) mass is 355 g/mol. The SMILES string of the molecule is Cc1cc(-c2cc(NS(=O)(=O)C(C)C)cc(Cl)n2)cn(C)c1=O. The van der Waals surface area contributed by atoms with E-state index < -0.39 is 15.3 Å². The number of sulfonamides is 1. The Hall–Kier alpha value is -1.86. The summed E-state index contributed by atoms with van der Waals surface area (Å²) in [7, 11) is -1.84. The zero-order valence-electron chi connectivity index (χ0n) is 13.3. The Labute approximate surface area is 140 Å². The second-order valence-electron chi connectivity index (χ2n) is 5.59. The minimum Gasteiger partial charge on any atom is -0.318 e. The molecular weight excluding hydrogens is 338 g/mol. The first-order chi connectivity index (χ1) is 10.6. The molecule has 0 spiro atoms. The van der Waals surface area contributed by atoms with Crippen LogP contribution >= 0.6 is 11.6 Å². The minimum atomic E-state index is -3.48. The number of aryl methyl sites for hydroxylation is 2. The third-order valence-electron chi connectivity index (χ3n) is 3.33. The van der Waals surface area contributed by atoms with Crippen LogP contribution in [0.3, 0.4) is 0 Å². The molecule has 2 aromatic rings. The quantitative estimate of drug-likeness (QED) is 0.854. The second-order valence-corrected chi connectivity index (χ2v) is 8.21. The lowest BCUT2D eigenvalue weighted by atomic mass is 10.1. The van der Waals surface area contributed by atoms with E-state index in [1.165, 1.54) is 10.6 Å². The van der Waals surface area contributed by atoms with E-state index in [0.717, 1.165) is 0 Å². The van der Waals surface area contributed by atoms with Gasteiger partial charge in [0.2, 0.25) is 10.0 Å². The van der Waals surface area contributed by atoms with Gasteiger partial charge in [-0.05, 0) is 39.0 Å². The average Bonchev–Trinajstić information content (AvgIpc) is 2.42. The number of nitrogens with zero attached hydrogens (tertiary/aromatic N) is 2. The fourth-order valence-corrected chi connectivity index (χ4v) is 2.89. The molecule has 0 saturated carbocycles. The molecule has 0 aliphatic rings. The molecule has 124 valence electrons. The molecule has 6 nitrogen and oxygen atoms in total. The molecule has 2 aromatic heterocycles. The predicted octanol–water partition coefficient (Wildman–Crippen LogP) is 2.56. The van der Waals surface area contributed by atoms with Gasteiger partial charge in [-0.2, -0.15) is 0 Å². The first-order valence-corrected chi connectivity index (χ1v) is 8.89. The van der Waals surface area contributed by atoms with Crippen LogP contribution in [0.2, 0.25) is 5.15 Å². The van der Waals surface area contributed by atoms with Crippen LogP contribution in [-0.2, 0) is 17.1 Å². The van der Waals surface area contributed by atoms with Crippen LogP contribution in [0.15, 0.2) is 29.2 Å². The van der Waals surface area contributed by atoms with E-state index in [1.54, 1.807) is 46.1 Å². The molecule has 0 atom stereocenters. The zero-order valence-corrected chi connectivity index (χ0v) is 14.9. The van der Waals surface area contributed by atoms with Crippen molar-refractivity contribution in [3.63, 3.8) is 0 Å². The molecule has 0 bridgehead atoms. The third-order valence-corrected chi connectivity index (χ3v) is 5.29. The smallest absolute Gasteiger partial charge is 0.253 e. The van der Waals surface area contributed by atoms with Crippen LogP contribution in [-0.4, -0.2) is 23.2 Å². The summed E-state index contributed by atoms with van der Waals surface area (Å²) in [6.45, 7) is 4.88. The van der Waals surface area contributed by atoms with Crippen LogP contribution in [0.5, 0.6) is 0 Å². The summed E-state index contributed by atoms with van der Waals surface area (Å²) in [5, 5.41) is -0.409. The summed E-state index contributed by atoms with van der Waals surface area (Å²) in [6, 6.07) is 4.73. The standard InChI is InChI=1S/C15H18ClN3O3S/c1-9(2)23(21,22)18-12-6-13(17-14(16)7-12)11-5-10(3)15(20)19(4)8-11/h5-9H,1-4H3,(H,17,18). The van der Waals surface area contributed by atoms with Gasteiger partial charge >= 0.3 is 0 Å². The topological polar surface area (TPSA) is 81.1 Å². The molecule has 0 aliphatic heterocycles. The number of aromatic nitrogens is 2. The Morgan fingerprint density at radius 3 is 2.48 bits per heavy atom. The van der Waals surface area contributed by atoms with Crippen LogP contribution < -0.4 is 10.3 Å². The number of nitrogens with one attached hydrogen (secondary N) is 1. The van der Waals surface area contributed by atoms with E-state index in [1.807, 2.05) is 0 Å². The normalized spacial score (nSPS) is 11.7. The van der Waals surface area contributed by atoms with Gasteiger partial charge in [-0.1, -0.05) is 11.6 Å². The van der Waals surface area contributed by atoms with Crippen molar-refractivity contribution < 1.29 is 8.42 Å². The van der Waals surface area contributed by atoms with Gasteiger partial charge in [0.15, 0.2) is 0 Å². The van der Waals surface area contributed by atoms with E-state index in [2.05, 4.69) is 9.71 Å². The summed E-state index contributed by atoms with van der Waals surface area (Å²) in [4.78, 5) is 16.0. The van der Waals surface area contributed by atoms with Gasteiger partial charge < -0.3 is 4.57 Å². The fourth-order valence-electron chi connectivity index (χ4n) is 2.00. The Balaban J connectivity index is 2.52. The van der Waals surface area contributed by atoms with E-state index in [0.29, 0.717) is 22.5 Å². The lowest BCUT2D eigenvalue weighted by molar-refractivity contribution is 0.593. The van der Waals surface area contributed by atoms with Gasteiger partial charge in [0, 0.05) is 24.4 Å². The Bertz CT molecular complexity index is 878. The first-order valence-electron chi connectivity index (χ1n) is 6.97. The number of hydrogen-bond acceptors (Lipinski definition) is 4. The van der Waals surface area contributed by atoms with Crippen LogP contribution in [0.25, 0.3) is 11.3 Å². The molecule has 0 aromatic carbocycles. The van der Waals surface area contributed by atoms with Gasteiger partial charge in [0.1, 0.15) is 5.15 Å². The summed E-state index contributed by atoms with van der Waals surface area (Å²) in [5.74, 6) is 0. The summed E-state index contributed by atoms with van der Waals surface area (Å²) in [6.07, 6.45) is 1.63. The van der Waals surface area contributed by atoms with Crippen LogP contribution in [0.4, 0.5) is 5.69 Å².